The number of hydrogen-bond donors (Lipinski definition) is 2. The average Bonchev–Trinajstić information content (AvgIpc) is 2.44. The molecule has 2 aromatic rings. The van der Waals surface area contributed by atoms with E-state index >= 15 is 0 Å². The lowest BCUT2D eigenvalue weighted by Crippen LogP contribution is -1.93. The third kappa shape index (κ3) is 1.41. The third-order valence-electron chi connectivity index (χ3n) is 3.14. The number of aryl methyl sites for hydroxylation is 2. The third-order valence-corrected chi connectivity index (χ3v) is 3.14. The first kappa shape index (κ1) is 10.1. The van der Waals surface area contributed by atoms with Gasteiger partial charge in [-0.25, -0.2) is 0 Å². The molecular formula is C13H18N2. The lowest BCUT2D eigenvalue weighted by atomic mass is 9.98. The highest BCUT2D eigenvalue weighted by Gasteiger charge is 2.12. The van der Waals surface area contributed by atoms with Crippen LogP contribution >= 0.6 is 0 Å². The van der Waals surface area contributed by atoms with Crippen LogP contribution in [0.4, 0.5) is 5.69 Å². The molecule has 2 nitrogen and oxygen atoms in total. The van der Waals surface area contributed by atoms with Crippen molar-refractivity contribution in [3.63, 3.8) is 0 Å². The van der Waals surface area contributed by atoms with Crippen LogP contribution in [0.5, 0.6) is 0 Å². The Morgan fingerprint density at radius 3 is 2.47 bits per heavy atom. The molecule has 15 heavy (non-hydrogen) atoms. The number of aromatic amines is 1. The molecule has 1 heterocycles. The van der Waals surface area contributed by atoms with E-state index in [4.69, 9.17) is 5.73 Å². The second-order valence-corrected chi connectivity index (χ2v) is 4.52. The van der Waals surface area contributed by atoms with Gasteiger partial charge in [-0.15, -0.1) is 0 Å². The van der Waals surface area contributed by atoms with Crippen LogP contribution in [-0.4, -0.2) is 4.98 Å². The van der Waals surface area contributed by atoms with Crippen LogP contribution in [0.2, 0.25) is 0 Å². The standard InChI is InChI=1S/C13H18N2/c1-7(2)10-5-6-11(14)12-8(3)9(4)15-13(10)12/h5-7,15H,14H2,1-4H3. The number of benzene rings is 1. The van der Waals surface area contributed by atoms with Gasteiger partial charge in [0.05, 0.1) is 5.52 Å². The molecule has 0 amide bonds. The van der Waals surface area contributed by atoms with Crippen molar-refractivity contribution in [2.75, 3.05) is 5.73 Å². The molecule has 0 spiro atoms. The van der Waals surface area contributed by atoms with Gasteiger partial charge < -0.3 is 10.7 Å². The Bertz CT molecular complexity index is 507. The number of anilines is 1. The number of fused-ring (bicyclic) bond motifs is 1. The highest BCUT2D eigenvalue weighted by molar-refractivity contribution is 5.96. The molecule has 0 saturated carbocycles. The van der Waals surface area contributed by atoms with Gasteiger partial charge in [0.15, 0.2) is 0 Å². The molecule has 0 atom stereocenters. The van der Waals surface area contributed by atoms with Crippen LogP contribution in [0.15, 0.2) is 12.1 Å². The fourth-order valence-electron chi connectivity index (χ4n) is 2.12. The van der Waals surface area contributed by atoms with Crippen molar-refractivity contribution >= 4 is 16.6 Å². The van der Waals surface area contributed by atoms with Crippen LogP contribution in [0.3, 0.4) is 0 Å². The Morgan fingerprint density at radius 1 is 1.20 bits per heavy atom. The van der Waals surface area contributed by atoms with Crippen LogP contribution in [0.1, 0.15) is 36.6 Å². The zero-order valence-corrected chi connectivity index (χ0v) is 9.81. The first-order valence-corrected chi connectivity index (χ1v) is 5.39. The molecule has 0 radical (unpaired) electrons. The highest BCUT2D eigenvalue weighted by atomic mass is 14.7. The highest BCUT2D eigenvalue weighted by Crippen LogP contribution is 2.32. The van der Waals surface area contributed by atoms with Gasteiger partial charge in [0.1, 0.15) is 0 Å². The van der Waals surface area contributed by atoms with Crippen molar-refractivity contribution in [3.8, 4) is 0 Å². The molecule has 0 aliphatic rings. The molecule has 80 valence electrons. The van der Waals surface area contributed by atoms with E-state index in [2.05, 4.69) is 38.7 Å². The number of nitrogens with two attached hydrogens (primary N) is 1. The molecule has 0 aliphatic heterocycles. The molecule has 1 aromatic carbocycles. The van der Waals surface area contributed by atoms with Gasteiger partial charge in [0.25, 0.3) is 0 Å². The van der Waals surface area contributed by atoms with Gasteiger partial charge in [0, 0.05) is 16.8 Å². The quantitative estimate of drug-likeness (QED) is 0.683. The summed E-state index contributed by atoms with van der Waals surface area (Å²) >= 11 is 0. The monoisotopic (exact) mass is 202 g/mol. The number of nitrogens with one attached hydrogen (secondary N) is 1. The molecular weight excluding hydrogens is 184 g/mol. The average molecular weight is 202 g/mol. The molecule has 3 N–H and O–H groups in total. The molecule has 2 rings (SSSR count). The fourth-order valence-corrected chi connectivity index (χ4v) is 2.12. The number of nitrogen functional groups attached to an aromatic ring is 1. The predicted molar refractivity (Wildman–Crippen MR) is 66.3 cm³/mol. The Hall–Kier alpha value is -1.44. The van der Waals surface area contributed by atoms with Crippen molar-refractivity contribution in [1.29, 1.82) is 0 Å². The van der Waals surface area contributed by atoms with Gasteiger partial charge in [0.2, 0.25) is 0 Å². The predicted octanol–water partition coefficient (Wildman–Crippen LogP) is 3.49. The van der Waals surface area contributed by atoms with Crippen LogP contribution < -0.4 is 5.73 Å². The normalized spacial score (nSPS) is 11.5. The molecule has 0 fully saturated rings. The van der Waals surface area contributed by atoms with E-state index in [1.165, 1.54) is 27.7 Å². The topological polar surface area (TPSA) is 41.8 Å². The van der Waals surface area contributed by atoms with E-state index in [0.717, 1.165) is 5.69 Å². The minimum Gasteiger partial charge on any atom is -0.398 e. The van der Waals surface area contributed by atoms with E-state index in [-0.39, 0.29) is 0 Å². The fraction of sp³-hybridized carbons (Fsp3) is 0.385. The lowest BCUT2D eigenvalue weighted by molar-refractivity contribution is 0.873. The summed E-state index contributed by atoms with van der Waals surface area (Å²) in [7, 11) is 0. The van der Waals surface area contributed by atoms with E-state index in [9.17, 15) is 0 Å². The number of aromatic nitrogens is 1. The minimum atomic E-state index is 0.519. The smallest absolute Gasteiger partial charge is 0.0514 e. The van der Waals surface area contributed by atoms with Crippen molar-refractivity contribution in [2.24, 2.45) is 0 Å². The number of hydrogen-bond acceptors (Lipinski definition) is 1. The van der Waals surface area contributed by atoms with E-state index in [0.29, 0.717) is 5.92 Å². The van der Waals surface area contributed by atoms with Crippen LogP contribution in [0, 0.1) is 13.8 Å². The summed E-state index contributed by atoms with van der Waals surface area (Å²) in [6.45, 7) is 8.63. The SMILES string of the molecule is Cc1[nH]c2c(C(C)C)ccc(N)c2c1C. The zero-order chi connectivity index (χ0) is 11.2. The van der Waals surface area contributed by atoms with E-state index < -0.39 is 0 Å². The van der Waals surface area contributed by atoms with Gasteiger partial charge >= 0.3 is 0 Å². The van der Waals surface area contributed by atoms with Gasteiger partial charge in [-0.1, -0.05) is 19.9 Å². The van der Waals surface area contributed by atoms with Gasteiger partial charge in [-0.05, 0) is 37.0 Å². The Kier molecular flexibility index (Phi) is 2.22. The Labute approximate surface area is 90.5 Å². The van der Waals surface area contributed by atoms with Crippen molar-refractivity contribution < 1.29 is 0 Å². The lowest BCUT2D eigenvalue weighted by Gasteiger charge is -2.08. The molecule has 0 aliphatic carbocycles. The molecule has 1 aromatic heterocycles. The Morgan fingerprint density at radius 2 is 1.87 bits per heavy atom. The molecule has 0 unspecified atom stereocenters. The van der Waals surface area contributed by atoms with Crippen LogP contribution in [-0.2, 0) is 0 Å². The summed E-state index contributed by atoms with van der Waals surface area (Å²) in [5.41, 5.74) is 11.9. The second kappa shape index (κ2) is 3.30. The van der Waals surface area contributed by atoms with E-state index in [1.54, 1.807) is 0 Å². The Balaban J connectivity index is 2.89. The van der Waals surface area contributed by atoms with Gasteiger partial charge in [-0.3, -0.25) is 0 Å². The number of rotatable bonds is 1. The minimum absolute atomic E-state index is 0.519. The maximum Gasteiger partial charge on any atom is 0.0514 e. The number of H-pyrrole nitrogens is 1. The second-order valence-electron chi connectivity index (χ2n) is 4.52. The summed E-state index contributed by atoms with van der Waals surface area (Å²) in [6.07, 6.45) is 0. The summed E-state index contributed by atoms with van der Waals surface area (Å²) in [6, 6.07) is 4.13. The maximum absolute atomic E-state index is 6.02. The summed E-state index contributed by atoms with van der Waals surface area (Å²) in [5, 5.41) is 1.19. The van der Waals surface area contributed by atoms with Crippen LogP contribution in [0.25, 0.3) is 10.9 Å². The molecule has 2 heteroatoms. The van der Waals surface area contributed by atoms with Gasteiger partial charge in [-0.2, -0.15) is 0 Å². The maximum atomic E-state index is 6.02. The van der Waals surface area contributed by atoms with Crippen molar-refractivity contribution in [1.82, 2.24) is 4.98 Å². The largest absolute Gasteiger partial charge is 0.398 e. The first-order chi connectivity index (χ1) is 7.02. The zero-order valence-electron chi connectivity index (χ0n) is 9.81. The van der Waals surface area contributed by atoms with Crippen molar-refractivity contribution in [3.05, 3.63) is 29.0 Å². The van der Waals surface area contributed by atoms with Crippen molar-refractivity contribution in [2.45, 2.75) is 33.6 Å². The summed E-state index contributed by atoms with van der Waals surface area (Å²) in [4.78, 5) is 3.44. The summed E-state index contributed by atoms with van der Waals surface area (Å²) in [5.74, 6) is 0.519. The summed E-state index contributed by atoms with van der Waals surface area (Å²) < 4.78 is 0. The van der Waals surface area contributed by atoms with E-state index in [1.807, 2.05) is 6.07 Å². The first-order valence-electron chi connectivity index (χ1n) is 5.39. The molecule has 0 bridgehead atoms. The molecule has 0 saturated heterocycles.